The second-order valence-corrected chi connectivity index (χ2v) is 6.09. The summed E-state index contributed by atoms with van der Waals surface area (Å²) in [5.74, 6) is 2.07. The lowest BCUT2D eigenvalue weighted by molar-refractivity contribution is 0.0950. The van der Waals surface area contributed by atoms with Crippen molar-refractivity contribution >= 4 is 11.7 Å². The third-order valence-electron chi connectivity index (χ3n) is 4.31. The van der Waals surface area contributed by atoms with Gasteiger partial charge in [-0.15, -0.1) is 0 Å². The van der Waals surface area contributed by atoms with Crippen LogP contribution in [0.1, 0.15) is 21.5 Å². The summed E-state index contributed by atoms with van der Waals surface area (Å²) in [7, 11) is 3.26. The second kappa shape index (κ2) is 9.41. The predicted molar refractivity (Wildman–Crippen MR) is 109 cm³/mol. The van der Waals surface area contributed by atoms with E-state index in [4.69, 9.17) is 9.47 Å². The fourth-order valence-electron chi connectivity index (χ4n) is 2.79. The first-order valence-corrected chi connectivity index (χ1v) is 8.93. The Bertz CT molecular complexity index is 926. The average Bonchev–Trinajstić information content (AvgIpc) is 2.76. The highest BCUT2D eigenvalue weighted by atomic mass is 16.5. The number of ether oxygens (including phenoxy) is 2. The molecule has 0 bridgehead atoms. The lowest BCUT2D eigenvalue weighted by Crippen LogP contribution is -2.23. The van der Waals surface area contributed by atoms with Crippen molar-refractivity contribution in [1.29, 1.82) is 0 Å². The van der Waals surface area contributed by atoms with Crippen molar-refractivity contribution in [2.75, 3.05) is 19.5 Å². The number of pyridine rings is 1. The van der Waals surface area contributed by atoms with E-state index in [2.05, 4.69) is 15.6 Å². The third-order valence-corrected chi connectivity index (χ3v) is 4.31. The van der Waals surface area contributed by atoms with Gasteiger partial charge in [0.2, 0.25) is 0 Å². The van der Waals surface area contributed by atoms with E-state index in [0.717, 1.165) is 22.6 Å². The minimum Gasteiger partial charge on any atom is -0.496 e. The number of nitrogens with one attached hydrogen (secondary N) is 2. The molecule has 3 aromatic rings. The van der Waals surface area contributed by atoms with Gasteiger partial charge in [-0.1, -0.05) is 36.4 Å². The largest absolute Gasteiger partial charge is 0.496 e. The molecule has 0 unspecified atom stereocenters. The molecule has 0 saturated carbocycles. The van der Waals surface area contributed by atoms with Gasteiger partial charge in [0.05, 0.1) is 19.8 Å². The maximum absolute atomic E-state index is 12.4. The molecule has 6 heteroatoms. The Labute approximate surface area is 164 Å². The maximum atomic E-state index is 12.4. The van der Waals surface area contributed by atoms with Crippen molar-refractivity contribution < 1.29 is 14.3 Å². The van der Waals surface area contributed by atoms with Gasteiger partial charge < -0.3 is 20.1 Å². The van der Waals surface area contributed by atoms with Crippen LogP contribution in [0.25, 0.3) is 0 Å². The van der Waals surface area contributed by atoms with E-state index in [9.17, 15) is 4.79 Å². The van der Waals surface area contributed by atoms with Crippen molar-refractivity contribution in [3.05, 3.63) is 83.6 Å². The van der Waals surface area contributed by atoms with Crippen LogP contribution in [0.2, 0.25) is 0 Å². The molecule has 3 rings (SSSR count). The highest BCUT2D eigenvalue weighted by molar-refractivity contribution is 5.94. The number of hydrogen-bond donors (Lipinski definition) is 2. The van der Waals surface area contributed by atoms with Crippen LogP contribution in [-0.2, 0) is 13.1 Å². The Balaban J connectivity index is 1.57. The number of methoxy groups -OCH3 is 2. The van der Waals surface area contributed by atoms with Crippen molar-refractivity contribution in [3.63, 3.8) is 0 Å². The number of carbonyl (C=O) groups is 1. The molecule has 0 spiro atoms. The molecule has 2 N–H and O–H groups in total. The average molecular weight is 377 g/mol. The van der Waals surface area contributed by atoms with Gasteiger partial charge in [0.1, 0.15) is 17.3 Å². The van der Waals surface area contributed by atoms with Gasteiger partial charge in [-0.05, 0) is 24.3 Å². The summed E-state index contributed by atoms with van der Waals surface area (Å²) >= 11 is 0. The topological polar surface area (TPSA) is 72.5 Å². The molecule has 1 aromatic heterocycles. The Morgan fingerprint density at radius 2 is 1.46 bits per heavy atom. The summed E-state index contributed by atoms with van der Waals surface area (Å²) in [5, 5.41) is 6.12. The fraction of sp³-hybridized carbons (Fsp3) is 0.182. The van der Waals surface area contributed by atoms with Crippen LogP contribution in [0.15, 0.2) is 66.9 Å². The van der Waals surface area contributed by atoms with E-state index in [1.54, 1.807) is 32.5 Å². The molecule has 28 heavy (non-hydrogen) atoms. The zero-order valence-electron chi connectivity index (χ0n) is 15.9. The molecule has 1 amide bonds. The number of para-hydroxylation sites is 2. The maximum Gasteiger partial charge on any atom is 0.253 e. The molecule has 6 nitrogen and oxygen atoms in total. The van der Waals surface area contributed by atoms with E-state index < -0.39 is 0 Å². The highest BCUT2D eigenvalue weighted by Crippen LogP contribution is 2.19. The summed E-state index contributed by atoms with van der Waals surface area (Å²) in [6.45, 7) is 0.965. The zero-order valence-corrected chi connectivity index (χ0v) is 15.9. The van der Waals surface area contributed by atoms with Crippen molar-refractivity contribution in [2.45, 2.75) is 13.1 Å². The Kier molecular flexibility index (Phi) is 6.46. The summed E-state index contributed by atoms with van der Waals surface area (Å²) in [4.78, 5) is 16.7. The standard InChI is InChI=1S/C22H23N3O3/c1-27-19-9-5-3-7-16(19)13-23-21-12-11-18(15-24-21)22(26)25-14-17-8-4-6-10-20(17)28-2/h3-12,15H,13-14H2,1-2H3,(H,23,24)(H,25,26). The summed E-state index contributed by atoms with van der Waals surface area (Å²) in [6, 6.07) is 18.9. The van der Waals surface area contributed by atoms with Crippen molar-refractivity contribution in [3.8, 4) is 11.5 Å². The number of nitrogens with zero attached hydrogens (tertiary/aromatic N) is 1. The summed E-state index contributed by atoms with van der Waals surface area (Å²) in [5.41, 5.74) is 2.45. The van der Waals surface area contributed by atoms with Crippen LogP contribution in [0.4, 0.5) is 5.82 Å². The molecule has 1 heterocycles. The molecule has 144 valence electrons. The van der Waals surface area contributed by atoms with E-state index in [1.165, 1.54) is 0 Å². The van der Waals surface area contributed by atoms with Gasteiger partial charge in [-0.25, -0.2) is 4.98 Å². The van der Waals surface area contributed by atoms with Crippen molar-refractivity contribution in [2.24, 2.45) is 0 Å². The lowest BCUT2D eigenvalue weighted by atomic mass is 10.2. The van der Waals surface area contributed by atoms with Crippen LogP contribution in [0.5, 0.6) is 11.5 Å². The van der Waals surface area contributed by atoms with Gasteiger partial charge in [-0.2, -0.15) is 0 Å². The van der Waals surface area contributed by atoms with Gasteiger partial charge in [-0.3, -0.25) is 4.79 Å². The third kappa shape index (κ3) is 4.79. The number of anilines is 1. The van der Waals surface area contributed by atoms with E-state index >= 15 is 0 Å². The Hall–Kier alpha value is -3.54. The second-order valence-electron chi connectivity index (χ2n) is 6.09. The number of hydrogen-bond acceptors (Lipinski definition) is 5. The minimum atomic E-state index is -0.185. The van der Waals surface area contributed by atoms with Gasteiger partial charge in [0.15, 0.2) is 0 Å². The Morgan fingerprint density at radius 1 is 0.857 bits per heavy atom. The molecule has 0 aliphatic carbocycles. The van der Waals surface area contributed by atoms with Gasteiger partial charge >= 0.3 is 0 Å². The first-order valence-electron chi connectivity index (χ1n) is 8.93. The quantitative estimate of drug-likeness (QED) is 0.627. The number of benzene rings is 2. The predicted octanol–water partition coefficient (Wildman–Crippen LogP) is 3.64. The van der Waals surface area contributed by atoms with Crippen LogP contribution >= 0.6 is 0 Å². The van der Waals surface area contributed by atoms with Gasteiger partial charge in [0, 0.05) is 30.4 Å². The fourth-order valence-corrected chi connectivity index (χ4v) is 2.79. The highest BCUT2D eigenvalue weighted by Gasteiger charge is 2.08. The molecular formula is C22H23N3O3. The smallest absolute Gasteiger partial charge is 0.253 e. The summed E-state index contributed by atoms with van der Waals surface area (Å²) < 4.78 is 10.6. The monoisotopic (exact) mass is 377 g/mol. The zero-order chi connectivity index (χ0) is 19.8. The normalized spacial score (nSPS) is 10.2. The molecular weight excluding hydrogens is 354 g/mol. The molecule has 0 fully saturated rings. The molecule has 0 saturated heterocycles. The molecule has 0 radical (unpaired) electrons. The molecule has 0 aliphatic rings. The number of rotatable bonds is 8. The van der Waals surface area contributed by atoms with Crippen molar-refractivity contribution in [1.82, 2.24) is 10.3 Å². The minimum absolute atomic E-state index is 0.185. The van der Waals surface area contributed by atoms with Crippen LogP contribution in [0.3, 0.4) is 0 Å². The van der Waals surface area contributed by atoms with E-state index in [0.29, 0.717) is 24.5 Å². The van der Waals surface area contributed by atoms with E-state index in [-0.39, 0.29) is 5.91 Å². The first kappa shape index (κ1) is 19.2. The van der Waals surface area contributed by atoms with Crippen LogP contribution in [-0.4, -0.2) is 25.1 Å². The summed E-state index contributed by atoms with van der Waals surface area (Å²) in [6.07, 6.45) is 1.56. The SMILES string of the molecule is COc1ccccc1CNC(=O)c1ccc(NCc2ccccc2OC)nc1. The molecule has 0 aliphatic heterocycles. The van der Waals surface area contributed by atoms with Crippen LogP contribution in [0, 0.1) is 0 Å². The first-order chi connectivity index (χ1) is 13.7. The van der Waals surface area contributed by atoms with Gasteiger partial charge in [0.25, 0.3) is 5.91 Å². The van der Waals surface area contributed by atoms with Crippen LogP contribution < -0.4 is 20.1 Å². The Morgan fingerprint density at radius 3 is 2.04 bits per heavy atom. The van der Waals surface area contributed by atoms with E-state index in [1.807, 2.05) is 48.5 Å². The number of amides is 1. The molecule has 0 atom stereocenters. The number of aromatic nitrogens is 1. The number of carbonyl (C=O) groups excluding carboxylic acids is 1. The lowest BCUT2D eigenvalue weighted by Gasteiger charge is -2.11. The molecule has 2 aromatic carbocycles.